The monoisotopic (exact) mass is 234 g/mol. The van der Waals surface area contributed by atoms with Crippen LogP contribution in [0.5, 0.6) is 0 Å². The summed E-state index contributed by atoms with van der Waals surface area (Å²) in [6, 6.07) is 6.79. The number of benzene rings is 1. The van der Waals surface area contributed by atoms with Crippen LogP contribution < -0.4 is 0 Å². The van der Waals surface area contributed by atoms with Crippen molar-refractivity contribution in [3.63, 3.8) is 0 Å². The summed E-state index contributed by atoms with van der Waals surface area (Å²) in [6.45, 7) is 4.33. The average molecular weight is 235 g/mol. The molecule has 1 aromatic carbocycles. The molecule has 1 unspecified atom stereocenters. The maximum atomic E-state index is 6.16. The molecule has 0 radical (unpaired) electrons. The van der Waals surface area contributed by atoms with Gasteiger partial charge in [0.25, 0.3) is 0 Å². The van der Waals surface area contributed by atoms with Crippen LogP contribution in [0.25, 0.3) is 0 Å². The Hall–Kier alpha value is -0.750. The van der Waals surface area contributed by atoms with Crippen molar-refractivity contribution in [2.45, 2.75) is 44.9 Å². The molecule has 86 valence electrons. The van der Waals surface area contributed by atoms with Gasteiger partial charge in [0.05, 0.1) is 5.38 Å². The Kier molecular flexibility index (Phi) is 3.70. The highest BCUT2D eigenvalue weighted by molar-refractivity contribution is 6.21. The number of halogens is 1. The topological polar surface area (TPSA) is 0 Å². The van der Waals surface area contributed by atoms with Gasteiger partial charge in [-0.3, -0.25) is 0 Å². The third-order valence-corrected chi connectivity index (χ3v) is 3.45. The maximum absolute atomic E-state index is 6.16. The molecular formula is C15H19Cl. The molecule has 1 aromatic rings. The normalized spacial score (nSPS) is 20.7. The van der Waals surface area contributed by atoms with Gasteiger partial charge in [-0.15, -0.1) is 11.6 Å². The average Bonchev–Trinajstić information content (AvgIpc) is 2.15. The Balaban J connectivity index is 2.14. The van der Waals surface area contributed by atoms with Crippen LogP contribution in [-0.2, 0) is 6.42 Å². The zero-order valence-electron chi connectivity index (χ0n) is 10.1. The minimum Gasteiger partial charge on any atom is -0.118 e. The van der Waals surface area contributed by atoms with Crippen molar-refractivity contribution in [1.29, 1.82) is 0 Å². The molecule has 0 saturated heterocycles. The van der Waals surface area contributed by atoms with E-state index in [4.69, 9.17) is 11.6 Å². The number of alkyl halides is 1. The lowest BCUT2D eigenvalue weighted by atomic mass is 9.93. The lowest BCUT2D eigenvalue weighted by Gasteiger charge is -2.17. The van der Waals surface area contributed by atoms with Gasteiger partial charge in [-0.2, -0.15) is 0 Å². The van der Waals surface area contributed by atoms with Crippen molar-refractivity contribution in [1.82, 2.24) is 0 Å². The predicted octanol–water partition coefficient (Wildman–Crippen LogP) is 4.56. The minimum atomic E-state index is 0.259. The summed E-state index contributed by atoms with van der Waals surface area (Å²) < 4.78 is 0. The smallest absolute Gasteiger partial charge is 0.0518 e. The second kappa shape index (κ2) is 5.05. The molecule has 0 fully saturated rings. The van der Waals surface area contributed by atoms with Crippen LogP contribution in [0, 0.1) is 13.8 Å². The summed E-state index contributed by atoms with van der Waals surface area (Å²) in [7, 11) is 0. The Morgan fingerprint density at radius 2 is 1.88 bits per heavy atom. The number of rotatable bonds is 2. The van der Waals surface area contributed by atoms with Crippen molar-refractivity contribution < 1.29 is 0 Å². The van der Waals surface area contributed by atoms with E-state index < -0.39 is 0 Å². The Morgan fingerprint density at radius 1 is 1.19 bits per heavy atom. The fourth-order valence-electron chi connectivity index (χ4n) is 2.53. The summed E-state index contributed by atoms with van der Waals surface area (Å²) in [5.74, 6) is 0. The van der Waals surface area contributed by atoms with Crippen molar-refractivity contribution in [3.05, 3.63) is 46.5 Å². The van der Waals surface area contributed by atoms with Gasteiger partial charge in [0.2, 0.25) is 0 Å². The fraction of sp³-hybridized carbons (Fsp3) is 0.467. The largest absolute Gasteiger partial charge is 0.118 e. The highest BCUT2D eigenvalue weighted by Gasteiger charge is 2.11. The molecule has 0 N–H and O–H groups in total. The van der Waals surface area contributed by atoms with Crippen molar-refractivity contribution in [3.8, 4) is 0 Å². The zero-order valence-corrected chi connectivity index (χ0v) is 10.8. The van der Waals surface area contributed by atoms with E-state index in [1.807, 2.05) is 0 Å². The SMILES string of the molecule is Cc1cc(C)cc(CC2=CC(Cl)CCC2)c1. The Bertz CT molecular complexity index is 384. The van der Waals surface area contributed by atoms with Crippen LogP contribution in [0.15, 0.2) is 29.8 Å². The molecule has 0 bridgehead atoms. The summed E-state index contributed by atoms with van der Waals surface area (Å²) in [4.78, 5) is 0. The van der Waals surface area contributed by atoms with Gasteiger partial charge < -0.3 is 0 Å². The summed E-state index contributed by atoms with van der Waals surface area (Å²) >= 11 is 6.16. The molecule has 1 aliphatic rings. The van der Waals surface area contributed by atoms with E-state index >= 15 is 0 Å². The van der Waals surface area contributed by atoms with Crippen LogP contribution in [0.4, 0.5) is 0 Å². The van der Waals surface area contributed by atoms with Crippen LogP contribution in [0.3, 0.4) is 0 Å². The lowest BCUT2D eigenvalue weighted by Crippen LogP contribution is -2.05. The third-order valence-electron chi connectivity index (χ3n) is 3.11. The van der Waals surface area contributed by atoms with E-state index in [1.165, 1.54) is 35.1 Å². The van der Waals surface area contributed by atoms with Crippen molar-refractivity contribution in [2.24, 2.45) is 0 Å². The predicted molar refractivity (Wildman–Crippen MR) is 71.2 cm³/mol. The number of hydrogen-bond donors (Lipinski definition) is 0. The van der Waals surface area contributed by atoms with Crippen molar-refractivity contribution in [2.75, 3.05) is 0 Å². The van der Waals surface area contributed by atoms with Gasteiger partial charge >= 0.3 is 0 Å². The number of aryl methyl sites for hydroxylation is 2. The molecule has 0 spiro atoms. The molecule has 1 atom stereocenters. The van der Waals surface area contributed by atoms with Crippen LogP contribution >= 0.6 is 11.6 Å². The third kappa shape index (κ3) is 3.12. The van der Waals surface area contributed by atoms with E-state index in [0.29, 0.717) is 0 Å². The number of hydrogen-bond acceptors (Lipinski definition) is 0. The molecule has 0 saturated carbocycles. The molecule has 0 amide bonds. The first-order valence-electron chi connectivity index (χ1n) is 6.04. The Morgan fingerprint density at radius 3 is 2.50 bits per heavy atom. The first-order valence-corrected chi connectivity index (χ1v) is 6.48. The lowest BCUT2D eigenvalue weighted by molar-refractivity contribution is 0.693. The van der Waals surface area contributed by atoms with Crippen LogP contribution in [0.2, 0.25) is 0 Å². The van der Waals surface area contributed by atoms with Crippen LogP contribution in [0.1, 0.15) is 36.0 Å². The molecule has 16 heavy (non-hydrogen) atoms. The van der Waals surface area contributed by atoms with Crippen molar-refractivity contribution >= 4 is 11.6 Å². The van der Waals surface area contributed by atoms with E-state index in [0.717, 1.165) is 12.8 Å². The number of allylic oxidation sites excluding steroid dienone is 2. The molecule has 0 aliphatic heterocycles. The fourth-order valence-corrected chi connectivity index (χ4v) is 2.86. The summed E-state index contributed by atoms with van der Waals surface area (Å²) in [5.41, 5.74) is 5.65. The first-order chi connectivity index (χ1) is 7.63. The second-order valence-electron chi connectivity index (χ2n) is 4.91. The Labute approximate surface area is 103 Å². The molecule has 2 rings (SSSR count). The van der Waals surface area contributed by atoms with Gasteiger partial charge in [0.1, 0.15) is 0 Å². The highest BCUT2D eigenvalue weighted by atomic mass is 35.5. The van der Waals surface area contributed by atoms with E-state index in [1.54, 1.807) is 0 Å². The zero-order chi connectivity index (χ0) is 11.5. The van der Waals surface area contributed by atoms with Gasteiger partial charge in [0, 0.05) is 0 Å². The summed E-state index contributed by atoms with van der Waals surface area (Å²) in [5, 5.41) is 0.259. The minimum absolute atomic E-state index is 0.259. The maximum Gasteiger partial charge on any atom is 0.0518 e. The second-order valence-corrected chi connectivity index (χ2v) is 5.47. The van der Waals surface area contributed by atoms with E-state index in [9.17, 15) is 0 Å². The van der Waals surface area contributed by atoms with E-state index in [2.05, 4.69) is 38.1 Å². The highest BCUT2D eigenvalue weighted by Crippen LogP contribution is 2.25. The molecule has 1 heteroatoms. The first kappa shape index (κ1) is 11.7. The van der Waals surface area contributed by atoms with Gasteiger partial charge in [-0.1, -0.05) is 41.0 Å². The molecule has 0 heterocycles. The molecule has 0 nitrogen and oxygen atoms in total. The standard InChI is InChI=1S/C15H19Cl/c1-11-6-12(2)8-14(7-11)9-13-4-3-5-15(16)10-13/h6-8,10,15H,3-5,9H2,1-2H3. The molecular weight excluding hydrogens is 216 g/mol. The van der Waals surface area contributed by atoms with E-state index in [-0.39, 0.29) is 5.38 Å². The quantitative estimate of drug-likeness (QED) is 0.520. The summed E-state index contributed by atoms with van der Waals surface area (Å²) in [6.07, 6.45) is 6.92. The van der Waals surface area contributed by atoms with Gasteiger partial charge in [0.15, 0.2) is 0 Å². The molecule has 0 aromatic heterocycles. The van der Waals surface area contributed by atoms with Gasteiger partial charge in [-0.05, 0) is 45.1 Å². The molecule has 1 aliphatic carbocycles. The van der Waals surface area contributed by atoms with Gasteiger partial charge in [-0.25, -0.2) is 0 Å². The van der Waals surface area contributed by atoms with Crippen LogP contribution in [-0.4, -0.2) is 5.38 Å².